The van der Waals surface area contributed by atoms with Gasteiger partial charge in [0, 0.05) is 12.1 Å². The smallest absolute Gasteiger partial charge is 0.133 e. The number of halogens is 1. The van der Waals surface area contributed by atoms with Gasteiger partial charge in [0.15, 0.2) is 0 Å². The predicted molar refractivity (Wildman–Crippen MR) is 85.8 cm³/mol. The fourth-order valence-corrected chi connectivity index (χ4v) is 3.13. The van der Waals surface area contributed by atoms with E-state index in [1.54, 1.807) is 7.11 Å². The second-order valence-corrected chi connectivity index (χ2v) is 6.00. The van der Waals surface area contributed by atoms with E-state index < -0.39 is 0 Å². The molecule has 1 N–H and O–H groups in total. The van der Waals surface area contributed by atoms with E-state index >= 15 is 0 Å². The van der Waals surface area contributed by atoms with Gasteiger partial charge in [-0.15, -0.1) is 0 Å². The molecule has 2 nitrogen and oxygen atoms in total. The molecule has 0 saturated carbocycles. The highest BCUT2D eigenvalue weighted by Crippen LogP contribution is 2.28. The summed E-state index contributed by atoms with van der Waals surface area (Å²) in [6, 6.07) is 7.15. The Hall–Kier alpha value is -0.540. The van der Waals surface area contributed by atoms with Crippen LogP contribution in [0.2, 0.25) is 0 Å². The lowest BCUT2D eigenvalue weighted by atomic mass is 9.94. The van der Waals surface area contributed by atoms with Crippen LogP contribution >= 0.6 is 15.9 Å². The summed E-state index contributed by atoms with van der Waals surface area (Å²) in [6.07, 6.45) is 2.45. The molecule has 0 spiro atoms. The Morgan fingerprint density at radius 3 is 2.32 bits per heavy atom. The fourth-order valence-electron chi connectivity index (χ4n) is 2.57. The molecule has 0 bridgehead atoms. The molecule has 2 unspecified atom stereocenters. The highest BCUT2D eigenvalue weighted by Gasteiger charge is 2.16. The van der Waals surface area contributed by atoms with Crippen molar-refractivity contribution in [2.75, 3.05) is 7.11 Å². The topological polar surface area (TPSA) is 21.3 Å². The van der Waals surface area contributed by atoms with Crippen LogP contribution in [0.3, 0.4) is 0 Å². The molecule has 0 heterocycles. The highest BCUT2D eigenvalue weighted by atomic mass is 79.9. The van der Waals surface area contributed by atoms with Gasteiger partial charge in [0.25, 0.3) is 0 Å². The van der Waals surface area contributed by atoms with Gasteiger partial charge in [0.05, 0.1) is 11.6 Å². The average Bonchev–Trinajstić information content (AvgIpc) is 2.39. The third-order valence-electron chi connectivity index (χ3n) is 3.94. The Balaban J connectivity index is 2.72. The second kappa shape index (κ2) is 7.91. The monoisotopic (exact) mass is 327 g/mol. The summed E-state index contributed by atoms with van der Waals surface area (Å²) in [4.78, 5) is 0. The number of hydrogen-bond donors (Lipinski definition) is 1. The summed E-state index contributed by atoms with van der Waals surface area (Å²) in [5, 5.41) is 3.70. The number of ether oxygens (including phenoxy) is 1. The van der Waals surface area contributed by atoms with Gasteiger partial charge in [-0.05, 0) is 53.4 Å². The van der Waals surface area contributed by atoms with Gasteiger partial charge < -0.3 is 10.1 Å². The lowest BCUT2D eigenvalue weighted by Crippen LogP contribution is -2.35. The summed E-state index contributed by atoms with van der Waals surface area (Å²) in [5.74, 6) is 1.62. The van der Waals surface area contributed by atoms with Crippen LogP contribution in [0.1, 0.15) is 52.1 Å². The zero-order chi connectivity index (χ0) is 14.4. The van der Waals surface area contributed by atoms with Crippen LogP contribution in [-0.4, -0.2) is 13.2 Å². The Labute approximate surface area is 126 Å². The van der Waals surface area contributed by atoms with Crippen molar-refractivity contribution in [1.82, 2.24) is 5.32 Å². The maximum atomic E-state index is 5.27. The van der Waals surface area contributed by atoms with Gasteiger partial charge in [-0.3, -0.25) is 0 Å². The molecule has 0 aliphatic rings. The molecule has 19 heavy (non-hydrogen) atoms. The van der Waals surface area contributed by atoms with Crippen LogP contribution in [0.4, 0.5) is 0 Å². The molecule has 0 aliphatic carbocycles. The Kier molecular flexibility index (Phi) is 6.87. The zero-order valence-electron chi connectivity index (χ0n) is 12.7. The maximum Gasteiger partial charge on any atom is 0.133 e. The van der Waals surface area contributed by atoms with Gasteiger partial charge >= 0.3 is 0 Å². The van der Waals surface area contributed by atoms with E-state index in [9.17, 15) is 0 Å². The van der Waals surface area contributed by atoms with E-state index in [1.807, 2.05) is 6.07 Å². The molecule has 0 fully saturated rings. The van der Waals surface area contributed by atoms with Crippen LogP contribution in [0.5, 0.6) is 5.75 Å². The molecule has 1 aromatic rings. The van der Waals surface area contributed by atoms with E-state index in [2.05, 4.69) is 61.1 Å². The Morgan fingerprint density at radius 1 is 1.21 bits per heavy atom. The summed E-state index contributed by atoms with van der Waals surface area (Å²) in [6.45, 7) is 9.03. The van der Waals surface area contributed by atoms with Crippen molar-refractivity contribution in [3.8, 4) is 5.75 Å². The minimum atomic E-state index is 0.345. The van der Waals surface area contributed by atoms with Gasteiger partial charge in [-0.2, -0.15) is 0 Å². The first-order chi connectivity index (χ1) is 9.03. The third-order valence-corrected chi connectivity index (χ3v) is 4.56. The first-order valence-electron chi connectivity index (χ1n) is 7.12. The van der Waals surface area contributed by atoms with Crippen molar-refractivity contribution < 1.29 is 4.74 Å². The van der Waals surface area contributed by atoms with E-state index in [-0.39, 0.29) is 0 Å². The van der Waals surface area contributed by atoms with Crippen molar-refractivity contribution >= 4 is 15.9 Å². The van der Waals surface area contributed by atoms with E-state index in [1.165, 1.54) is 18.4 Å². The molecule has 0 amide bonds. The van der Waals surface area contributed by atoms with Gasteiger partial charge in [0.2, 0.25) is 0 Å². The van der Waals surface area contributed by atoms with Crippen LogP contribution in [0.15, 0.2) is 22.7 Å². The molecule has 0 aliphatic heterocycles. The summed E-state index contributed by atoms with van der Waals surface area (Å²) >= 11 is 3.55. The molecule has 2 atom stereocenters. The molecule has 1 aromatic carbocycles. The van der Waals surface area contributed by atoms with Gasteiger partial charge in [-0.25, -0.2) is 0 Å². The van der Waals surface area contributed by atoms with Gasteiger partial charge in [-0.1, -0.05) is 32.8 Å². The van der Waals surface area contributed by atoms with Crippen LogP contribution in [0.25, 0.3) is 0 Å². The molecule has 0 saturated heterocycles. The summed E-state index contributed by atoms with van der Waals surface area (Å²) in [5.41, 5.74) is 1.28. The molecule has 0 radical (unpaired) electrons. The van der Waals surface area contributed by atoms with Crippen molar-refractivity contribution in [3.05, 3.63) is 28.2 Å². The maximum absolute atomic E-state index is 5.27. The number of rotatable bonds is 7. The lowest BCUT2D eigenvalue weighted by molar-refractivity contribution is 0.330. The van der Waals surface area contributed by atoms with Gasteiger partial charge in [0.1, 0.15) is 5.75 Å². The first kappa shape index (κ1) is 16.5. The average molecular weight is 328 g/mol. The van der Waals surface area contributed by atoms with Crippen LogP contribution < -0.4 is 10.1 Å². The quantitative estimate of drug-likeness (QED) is 0.766. The largest absolute Gasteiger partial charge is 0.496 e. The molecular weight excluding hydrogens is 302 g/mol. The molecule has 3 heteroatoms. The predicted octanol–water partition coefficient (Wildman–Crippen LogP) is 4.93. The summed E-state index contributed by atoms with van der Waals surface area (Å²) in [7, 11) is 1.69. The van der Waals surface area contributed by atoms with E-state index in [0.29, 0.717) is 12.1 Å². The number of benzene rings is 1. The Morgan fingerprint density at radius 2 is 1.84 bits per heavy atom. The standard InChI is InChI=1S/C16H26BrNO/c1-6-13(7-2)11(3)18-12(4)14-8-9-16(19-5)15(17)10-14/h8-13,18H,6-7H2,1-5H3. The number of nitrogens with one attached hydrogen (secondary N) is 1. The van der Waals surface area contributed by atoms with Crippen molar-refractivity contribution in [2.45, 2.75) is 52.6 Å². The third kappa shape index (κ3) is 4.50. The fraction of sp³-hybridized carbons (Fsp3) is 0.625. The molecule has 108 valence electrons. The number of methoxy groups -OCH3 is 1. The minimum Gasteiger partial charge on any atom is -0.496 e. The molecule has 0 aromatic heterocycles. The van der Waals surface area contributed by atoms with Crippen molar-refractivity contribution in [2.24, 2.45) is 5.92 Å². The normalized spacial score (nSPS) is 14.5. The first-order valence-corrected chi connectivity index (χ1v) is 7.92. The second-order valence-electron chi connectivity index (χ2n) is 5.15. The minimum absolute atomic E-state index is 0.345. The van der Waals surface area contributed by atoms with Crippen molar-refractivity contribution in [3.63, 3.8) is 0 Å². The molecular formula is C16H26BrNO. The van der Waals surface area contributed by atoms with Crippen molar-refractivity contribution in [1.29, 1.82) is 0 Å². The van der Waals surface area contributed by atoms with Crippen LogP contribution in [-0.2, 0) is 0 Å². The number of hydrogen-bond acceptors (Lipinski definition) is 2. The van der Waals surface area contributed by atoms with Crippen LogP contribution in [0, 0.1) is 5.92 Å². The highest BCUT2D eigenvalue weighted by molar-refractivity contribution is 9.10. The van der Waals surface area contributed by atoms with E-state index in [4.69, 9.17) is 4.74 Å². The van der Waals surface area contributed by atoms with E-state index in [0.717, 1.165) is 16.1 Å². The Bertz CT molecular complexity index is 390. The lowest BCUT2D eigenvalue weighted by Gasteiger charge is -2.27. The SMILES string of the molecule is CCC(CC)C(C)NC(C)c1ccc(OC)c(Br)c1. The molecule has 1 rings (SSSR count). The summed E-state index contributed by atoms with van der Waals surface area (Å²) < 4.78 is 6.28. The zero-order valence-corrected chi connectivity index (χ0v) is 14.3.